The van der Waals surface area contributed by atoms with E-state index in [9.17, 15) is 9.59 Å². The average Bonchev–Trinajstić information content (AvgIpc) is 4.48. The Morgan fingerprint density at radius 3 is 1.59 bits per heavy atom. The van der Waals surface area contributed by atoms with Gasteiger partial charge in [0.05, 0.1) is 47.3 Å². The Bertz CT molecular complexity index is 3850. The van der Waals surface area contributed by atoms with Crippen LogP contribution in [0, 0.1) is 11.8 Å². The first-order valence-corrected chi connectivity index (χ1v) is 27.4. The number of pyridine rings is 2. The van der Waals surface area contributed by atoms with Gasteiger partial charge in [0.2, 0.25) is 23.0 Å². The number of benzene rings is 4. The van der Waals surface area contributed by atoms with Crippen LogP contribution in [0.25, 0.3) is 78.5 Å². The molecule has 10 aromatic rings. The molecule has 2 atom stereocenters. The second-order valence-corrected chi connectivity index (χ2v) is 20.7. The molecule has 6 aromatic heterocycles. The van der Waals surface area contributed by atoms with Gasteiger partial charge in [-0.05, 0) is 130 Å². The van der Waals surface area contributed by atoms with Crippen molar-refractivity contribution in [2.75, 3.05) is 51.0 Å². The second kappa shape index (κ2) is 22.8. The molecule has 8 heterocycles. The van der Waals surface area contributed by atoms with Crippen LogP contribution < -0.4 is 25.4 Å². The number of hydrogen-bond acceptors (Lipinski definition) is 15. The van der Waals surface area contributed by atoms with Crippen molar-refractivity contribution in [1.82, 2.24) is 59.2 Å². The number of methoxy groups -OCH3 is 2. The van der Waals surface area contributed by atoms with Crippen molar-refractivity contribution < 1.29 is 19.1 Å². The maximum absolute atomic E-state index is 12.6. The van der Waals surface area contributed by atoms with Crippen LogP contribution in [0.15, 0.2) is 134 Å². The van der Waals surface area contributed by atoms with Gasteiger partial charge in [-0.2, -0.15) is 9.97 Å². The van der Waals surface area contributed by atoms with E-state index in [0.29, 0.717) is 42.0 Å². The molecule has 14 rings (SSSR count). The van der Waals surface area contributed by atoms with Crippen molar-refractivity contribution in [2.45, 2.75) is 63.5 Å². The van der Waals surface area contributed by atoms with Gasteiger partial charge in [0.1, 0.15) is 34.5 Å². The summed E-state index contributed by atoms with van der Waals surface area (Å²) in [5, 5.41) is 12.4. The highest BCUT2D eigenvalue weighted by atomic mass is 35.5. The SMILES string of the molecule is COc1ccc2c(c1)nc(-c1ccc3ccccc3n1)n2-c1ccnc(N[C@H]2CCCN(C(=O)C3CC3)C2)n1.COc1ccc2c(c1)nc(-c1ccc3ccccc3n1)n2-c1ccnc(N[C@H]2CCCNC2)n1.O=C(Cl)C1CC1. The molecule has 3 N–H and O–H groups in total. The molecule has 19 heteroatoms. The Morgan fingerprint density at radius 2 is 1.10 bits per heavy atom. The van der Waals surface area contributed by atoms with E-state index in [1.54, 1.807) is 26.6 Å². The number of para-hydroxylation sites is 2. The minimum absolute atomic E-state index is 0.113. The monoisotopic (exact) mass is 1070 g/mol. The standard InChI is InChI=1S/C30H29N7O2.C26H25N7O.C4H5ClO/c1-39-22-11-13-26-25(17-22)34-28(24-12-10-19-5-2-3-7-23(19)33-24)37(26)27-14-15-31-30(35-27)32-21-6-4-16-36(18-21)29(38)20-8-9-20;1-34-19-9-11-23-22(15-19)31-25(21-10-8-17-5-2-3-7-20(17)30-21)33(23)24-12-14-28-26(32-24)29-18-6-4-13-27-16-18;5-4(6)3-1-2-3/h2-3,5,7,10-15,17,20-21H,4,6,8-9,16,18H2,1H3,(H,31,32,35);2-3,5,7-12,14-15,18,27H,4,6,13,16H2,1H3,(H,28,29,32);3H,1-2H2/t21-;18-;/m00./s1. The maximum atomic E-state index is 12.6. The average molecular weight is 1080 g/mol. The van der Waals surface area contributed by atoms with E-state index < -0.39 is 0 Å². The predicted octanol–water partition coefficient (Wildman–Crippen LogP) is 10.2. The van der Waals surface area contributed by atoms with E-state index >= 15 is 0 Å². The number of carbonyl (C=O) groups is 2. The lowest BCUT2D eigenvalue weighted by molar-refractivity contribution is -0.133. The number of amides is 1. The summed E-state index contributed by atoms with van der Waals surface area (Å²) in [4.78, 5) is 63.1. The maximum Gasteiger partial charge on any atom is 0.225 e. The highest BCUT2D eigenvalue weighted by Gasteiger charge is 2.35. The van der Waals surface area contributed by atoms with Crippen molar-refractivity contribution in [1.29, 1.82) is 0 Å². The van der Waals surface area contributed by atoms with E-state index in [4.69, 9.17) is 51.0 Å². The van der Waals surface area contributed by atoms with E-state index in [2.05, 4.69) is 44.1 Å². The number of anilines is 2. The topological polar surface area (TPSA) is 205 Å². The fraction of sp³-hybridized carbons (Fsp3) is 0.300. The molecule has 2 saturated carbocycles. The zero-order valence-corrected chi connectivity index (χ0v) is 44.7. The quantitative estimate of drug-likeness (QED) is 0.0974. The highest BCUT2D eigenvalue weighted by molar-refractivity contribution is 6.64. The number of likely N-dealkylation sites (tertiary alicyclic amines) is 1. The largest absolute Gasteiger partial charge is 0.497 e. The van der Waals surface area contributed by atoms with Crippen LogP contribution in [0.2, 0.25) is 0 Å². The van der Waals surface area contributed by atoms with E-state index in [1.165, 1.54) is 0 Å². The minimum Gasteiger partial charge on any atom is -0.497 e. The minimum atomic E-state index is -0.157. The first-order chi connectivity index (χ1) is 38.7. The zero-order valence-electron chi connectivity index (χ0n) is 43.9. The third-order valence-corrected chi connectivity index (χ3v) is 14.9. The van der Waals surface area contributed by atoms with Gasteiger partial charge in [0.25, 0.3) is 0 Å². The van der Waals surface area contributed by atoms with Crippen LogP contribution >= 0.6 is 11.6 Å². The molecule has 4 aliphatic rings. The van der Waals surface area contributed by atoms with E-state index in [1.807, 2.05) is 117 Å². The molecule has 2 aliphatic heterocycles. The first kappa shape index (κ1) is 51.2. The smallest absolute Gasteiger partial charge is 0.225 e. The van der Waals surface area contributed by atoms with Gasteiger partial charge in [0.15, 0.2) is 11.6 Å². The summed E-state index contributed by atoms with van der Waals surface area (Å²) < 4.78 is 15.0. The first-order valence-electron chi connectivity index (χ1n) is 27.0. The Balaban J connectivity index is 0.000000144. The summed E-state index contributed by atoms with van der Waals surface area (Å²) >= 11 is 5.04. The molecule has 18 nitrogen and oxygen atoms in total. The lowest BCUT2D eigenvalue weighted by Gasteiger charge is -2.33. The number of ether oxygens (including phenoxy) is 2. The van der Waals surface area contributed by atoms with Crippen LogP contribution in [-0.2, 0) is 9.59 Å². The van der Waals surface area contributed by atoms with Crippen LogP contribution in [0.4, 0.5) is 11.9 Å². The van der Waals surface area contributed by atoms with Gasteiger partial charge in [-0.15, -0.1) is 0 Å². The fourth-order valence-electron chi connectivity index (χ4n) is 10.2. The molecule has 4 fully saturated rings. The number of aromatic nitrogens is 10. The molecule has 0 unspecified atom stereocenters. The van der Waals surface area contributed by atoms with E-state index in [-0.39, 0.29) is 23.1 Å². The molecular formula is C60H59ClN14O4. The number of imidazole rings is 2. The van der Waals surface area contributed by atoms with Crippen molar-refractivity contribution in [3.63, 3.8) is 0 Å². The summed E-state index contributed by atoms with van der Waals surface area (Å²) in [7, 11) is 3.31. The molecule has 0 spiro atoms. The number of nitrogens with zero attached hydrogens (tertiary/aromatic N) is 11. The normalized spacial score (nSPS) is 17.1. The number of rotatable bonds is 12. The van der Waals surface area contributed by atoms with Crippen LogP contribution in [0.1, 0.15) is 51.4 Å². The number of nitrogens with one attached hydrogen (secondary N) is 3. The molecular weight excluding hydrogens is 1020 g/mol. The fourth-order valence-corrected chi connectivity index (χ4v) is 10.4. The van der Waals surface area contributed by atoms with Gasteiger partial charge in [-0.3, -0.25) is 18.7 Å². The summed E-state index contributed by atoms with van der Waals surface area (Å²) in [6, 6.07) is 40.2. The molecule has 2 saturated heterocycles. The molecule has 400 valence electrons. The Kier molecular flexibility index (Phi) is 14.7. The summed E-state index contributed by atoms with van der Waals surface area (Å²) in [6.07, 6.45) is 11.8. The van der Waals surface area contributed by atoms with Crippen molar-refractivity contribution in [2.24, 2.45) is 11.8 Å². The molecule has 0 radical (unpaired) electrons. The number of carbonyl (C=O) groups excluding carboxylic acids is 2. The summed E-state index contributed by atoms with van der Waals surface area (Å²) in [6.45, 7) is 3.49. The van der Waals surface area contributed by atoms with Crippen molar-refractivity contribution >= 4 is 78.5 Å². The van der Waals surface area contributed by atoms with Crippen LogP contribution in [0.5, 0.6) is 11.5 Å². The predicted molar refractivity (Wildman–Crippen MR) is 307 cm³/mol. The van der Waals surface area contributed by atoms with Gasteiger partial charge >= 0.3 is 0 Å². The number of hydrogen-bond donors (Lipinski definition) is 3. The van der Waals surface area contributed by atoms with Crippen LogP contribution in [-0.4, -0.2) is 118 Å². The lowest BCUT2D eigenvalue weighted by atomic mass is 10.1. The number of piperidine rings is 2. The van der Waals surface area contributed by atoms with Crippen molar-refractivity contribution in [3.05, 3.63) is 134 Å². The summed E-state index contributed by atoms with van der Waals surface area (Å²) in [5.41, 5.74) is 6.77. The zero-order chi connectivity index (χ0) is 53.8. The highest BCUT2D eigenvalue weighted by Crippen LogP contribution is 2.35. The number of fused-ring (bicyclic) bond motifs is 4. The second-order valence-electron chi connectivity index (χ2n) is 20.3. The molecule has 79 heavy (non-hydrogen) atoms. The third kappa shape index (κ3) is 11.5. The van der Waals surface area contributed by atoms with Crippen molar-refractivity contribution in [3.8, 4) is 46.2 Å². The van der Waals surface area contributed by atoms with Gasteiger partial charge in [-0.1, -0.05) is 48.5 Å². The molecule has 0 bridgehead atoms. The van der Waals surface area contributed by atoms with Gasteiger partial charge in [0, 0.05) is 78.9 Å². The van der Waals surface area contributed by atoms with E-state index in [0.717, 1.165) is 149 Å². The van der Waals surface area contributed by atoms with Crippen LogP contribution in [0.3, 0.4) is 0 Å². The third-order valence-electron chi connectivity index (χ3n) is 14.6. The Morgan fingerprint density at radius 1 is 0.570 bits per heavy atom. The molecule has 1 amide bonds. The molecule has 2 aliphatic carbocycles. The Labute approximate surface area is 461 Å². The molecule has 4 aromatic carbocycles. The lowest BCUT2D eigenvalue weighted by Crippen LogP contribution is -2.45. The Hall–Kier alpha value is -8.61. The number of halogens is 1. The van der Waals surface area contributed by atoms with Gasteiger partial charge < -0.3 is 30.3 Å². The summed E-state index contributed by atoms with van der Waals surface area (Å²) in [5.74, 6) is 6.22. The van der Waals surface area contributed by atoms with Gasteiger partial charge in [-0.25, -0.2) is 29.9 Å².